The lowest BCUT2D eigenvalue weighted by atomic mass is 10.2. The van der Waals surface area contributed by atoms with E-state index >= 15 is 0 Å². The Kier molecular flexibility index (Phi) is 4.58. The van der Waals surface area contributed by atoms with Crippen molar-refractivity contribution in [3.63, 3.8) is 0 Å². The number of hydrogen-bond donors (Lipinski definition) is 1. The molecular formula is C12H13Cl2N3O. The summed E-state index contributed by atoms with van der Waals surface area (Å²) in [6.45, 7) is 0.647. The number of aliphatic hydroxyl groups is 1. The smallest absolute Gasteiger partial charge is 0.0828 e. The fraction of sp³-hybridized carbons (Fsp3) is 0.333. The second kappa shape index (κ2) is 6.18. The summed E-state index contributed by atoms with van der Waals surface area (Å²) in [5.74, 6) is 0. The molecule has 0 spiro atoms. The molecule has 0 aliphatic carbocycles. The molecule has 1 aromatic heterocycles. The molecule has 1 aromatic carbocycles. The van der Waals surface area contributed by atoms with Crippen LogP contribution in [0.2, 0.25) is 10.0 Å². The minimum atomic E-state index is 0.156. The first-order chi connectivity index (χ1) is 8.70. The maximum atomic E-state index is 8.75. The Balaban J connectivity index is 2.11. The molecule has 0 saturated carbocycles. The van der Waals surface area contributed by atoms with E-state index in [9.17, 15) is 0 Å². The van der Waals surface area contributed by atoms with Gasteiger partial charge in [-0.2, -0.15) is 0 Å². The van der Waals surface area contributed by atoms with Crippen molar-refractivity contribution in [3.05, 3.63) is 45.7 Å². The number of benzene rings is 1. The predicted molar refractivity (Wildman–Crippen MR) is 71.0 cm³/mol. The lowest BCUT2D eigenvalue weighted by Gasteiger charge is -2.05. The summed E-state index contributed by atoms with van der Waals surface area (Å²) in [5.41, 5.74) is 1.69. The first-order valence-corrected chi connectivity index (χ1v) is 6.39. The van der Waals surface area contributed by atoms with Crippen molar-refractivity contribution in [1.82, 2.24) is 15.0 Å². The summed E-state index contributed by atoms with van der Waals surface area (Å²) in [6, 6.07) is 5.40. The molecule has 0 saturated heterocycles. The van der Waals surface area contributed by atoms with Gasteiger partial charge in [0.25, 0.3) is 0 Å². The first kappa shape index (κ1) is 13.3. The number of aryl methyl sites for hydroxylation is 1. The molecule has 2 aromatic rings. The van der Waals surface area contributed by atoms with Crippen LogP contribution in [0.4, 0.5) is 0 Å². The third kappa shape index (κ3) is 3.22. The molecule has 0 aliphatic heterocycles. The third-order valence-electron chi connectivity index (χ3n) is 2.56. The van der Waals surface area contributed by atoms with Gasteiger partial charge in [0.2, 0.25) is 0 Å². The average molecular weight is 286 g/mol. The second-order valence-corrected chi connectivity index (χ2v) is 4.75. The Morgan fingerprint density at radius 2 is 1.94 bits per heavy atom. The van der Waals surface area contributed by atoms with Crippen LogP contribution in [-0.4, -0.2) is 26.7 Å². The van der Waals surface area contributed by atoms with Gasteiger partial charge in [-0.15, -0.1) is 5.10 Å². The van der Waals surface area contributed by atoms with Gasteiger partial charge in [-0.05, 0) is 25.0 Å². The van der Waals surface area contributed by atoms with Crippen molar-refractivity contribution in [3.8, 4) is 0 Å². The number of aliphatic hydroxyl groups excluding tert-OH is 1. The lowest BCUT2D eigenvalue weighted by Crippen LogP contribution is -2.01. The molecule has 0 atom stereocenters. The van der Waals surface area contributed by atoms with Crippen molar-refractivity contribution < 1.29 is 5.11 Å². The van der Waals surface area contributed by atoms with Crippen molar-refractivity contribution in [1.29, 1.82) is 0 Å². The number of rotatable bonds is 5. The van der Waals surface area contributed by atoms with Crippen molar-refractivity contribution >= 4 is 23.2 Å². The minimum Gasteiger partial charge on any atom is -0.396 e. The minimum absolute atomic E-state index is 0.156. The Morgan fingerprint density at radius 1 is 1.22 bits per heavy atom. The molecule has 0 fully saturated rings. The zero-order chi connectivity index (χ0) is 13.0. The maximum Gasteiger partial charge on any atom is 0.0828 e. The summed E-state index contributed by atoms with van der Waals surface area (Å²) in [6.07, 6.45) is 3.24. The second-order valence-electron chi connectivity index (χ2n) is 3.93. The van der Waals surface area contributed by atoms with E-state index in [0.717, 1.165) is 11.3 Å². The highest BCUT2D eigenvalue weighted by Crippen LogP contribution is 2.24. The van der Waals surface area contributed by atoms with Crippen LogP contribution in [0, 0.1) is 0 Å². The van der Waals surface area contributed by atoms with Crippen LogP contribution in [0.1, 0.15) is 17.7 Å². The number of halogens is 2. The van der Waals surface area contributed by atoms with Gasteiger partial charge >= 0.3 is 0 Å². The molecule has 1 heterocycles. The van der Waals surface area contributed by atoms with Gasteiger partial charge in [-0.25, -0.2) is 4.68 Å². The molecule has 2 rings (SSSR count). The van der Waals surface area contributed by atoms with Crippen LogP contribution in [-0.2, 0) is 13.0 Å². The van der Waals surface area contributed by atoms with E-state index < -0.39 is 0 Å². The summed E-state index contributed by atoms with van der Waals surface area (Å²) in [7, 11) is 0. The van der Waals surface area contributed by atoms with Crippen LogP contribution in [0.3, 0.4) is 0 Å². The zero-order valence-corrected chi connectivity index (χ0v) is 11.2. The molecule has 1 N–H and O–H groups in total. The molecule has 18 heavy (non-hydrogen) atoms. The highest BCUT2D eigenvalue weighted by atomic mass is 35.5. The van der Waals surface area contributed by atoms with Gasteiger partial charge in [0.1, 0.15) is 0 Å². The molecule has 0 radical (unpaired) electrons. The van der Waals surface area contributed by atoms with E-state index in [-0.39, 0.29) is 6.61 Å². The average Bonchev–Trinajstić information content (AvgIpc) is 2.79. The quantitative estimate of drug-likeness (QED) is 0.919. The summed E-state index contributed by atoms with van der Waals surface area (Å²) >= 11 is 12.2. The van der Waals surface area contributed by atoms with Crippen molar-refractivity contribution in [2.45, 2.75) is 19.4 Å². The Labute approximate surface area is 115 Å². The molecule has 6 heteroatoms. The lowest BCUT2D eigenvalue weighted by molar-refractivity contribution is 0.288. The molecule has 4 nitrogen and oxygen atoms in total. The number of hydrogen-bond acceptors (Lipinski definition) is 3. The van der Waals surface area contributed by atoms with Crippen LogP contribution >= 0.6 is 23.2 Å². The number of nitrogens with zero attached hydrogens (tertiary/aromatic N) is 3. The number of aromatic nitrogens is 3. The molecule has 0 unspecified atom stereocenters. The molecule has 0 amide bonds. The van der Waals surface area contributed by atoms with E-state index in [1.807, 2.05) is 12.3 Å². The van der Waals surface area contributed by atoms with E-state index in [1.54, 1.807) is 16.8 Å². The largest absolute Gasteiger partial charge is 0.396 e. The van der Waals surface area contributed by atoms with Gasteiger partial charge < -0.3 is 5.11 Å². The highest BCUT2D eigenvalue weighted by molar-refractivity contribution is 6.35. The fourth-order valence-electron chi connectivity index (χ4n) is 1.64. The van der Waals surface area contributed by atoms with Crippen LogP contribution < -0.4 is 0 Å². The highest BCUT2D eigenvalue weighted by Gasteiger charge is 2.08. The molecule has 0 bridgehead atoms. The predicted octanol–water partition coefficient (Wildman–Crippen LogP) is 2.56. The fourth-order valence-corrected chi connectivity index (χ4v) is 2.15. The summed E-state index contributed by atoms with van der Waals surface area (Å²) < 4.78 is 1.69. The van der Waals surface area contributed by atoms with E-state index in [2.05, 4.69) is 10.3 Å². The van der Waals surface area contributed by atoms with Crippen LogP contribution in [0.25, 0.3) is 0 Å². The zero-order valence-electron chi connectivity index (χ0n) is 9.68. The SMILES string of the molecule is OCCCc1cn(Cc2c(Cl)cccc2Cl)nn1. The third-order valence-corrected chi connectivity index (χ3v) is 3.27. The topological polar surface area (TPSA) is 50.9 Å². The van der Waals surface area contributed by atoms with E-state index in [1.165, 1.54) is 0 Å². The van der Waals surface area contributed by atoms with E-state index in [4.69, 9.17) is 28.3 Å². The monoisotopic (exact) mass is 285 g/mol. The van der Waals surface area contributed by atoms with Gasteiger partial charge in [0.05, 0.1) is 12.2 Å². The summed E-state index contributed by atoms with van der Waals surface area (Å²) in [5, 5.41) is 18.0. The van der Waals surface area contributed by atoms with Crippen LogP contribution in [0.5, 0.6) is 0 Å². The Hall–Kier alpha value is -1.10. The molecule has 0 aliphatic rings. The van der Waals surface area contributed by atoms with Crippen LogP contribution in [0.15, 0.2) is 24.4 Å². The van der Waals surface area contributed by atoms with Crippen molar-refractivity contribution in [2.24, 2.45) is 0 Å². The normalized spacial score (nSPS) is 10.8. The van der Waals surface area contributed by atoms with Gasteiger partial charge in [0, 0.05) is 28.4 Å². The maximum absolute atomic E-state index is 8.75. The molecular weight excluding hydrogens is 273 g/mol. The Morgan fingerprint density at radius 3 is 2.61 bits per heavy atom. The van der Waals surface area contributed by atoms with Gasteiger partial charge in [0.15, 0.2) is 0 Å². The standard InChI is InChI=1S/C12H13Cl2N3O/c13-11-4-1-5-12(14)10(11)8-17-7-9(15-16-17)3-2-6-18/h1,4-5,7,18H,2-3,6,8H2. The Bertz CT molecular complexity index is 508. The first-order valence-electron chi connectivity index (χ1n) is 5.63. The molecule has 96 valence electrons. The summed E-state index contributed by atoms with van der Waals surface area (Å²) in [4.78, 5) is 0. The van der Waals surface area contributed by atoms with Gasteiger partial charge in [-0.3, -0.25) is 0 Å². The van der Waals surface area contributed by atoms with Crippen molar-refractivity contribution in [2.75, 3.05) is 6.61 Å². The van der Waals surface area contributed by atoms with E-state index in [0.29, 0.717) is 29.4 Å². The van der Waals surface area contributed by atoms with Gasteiger partial charge in [-0.1, -0.05) is 34.5 Å².